The molecule has 0 aliphatic carbocycles. The summed E-state index contributed by atoms with van der Waals surface area (Å²) >= 11 is 0. The molecule has 0 fully saturated rings. The van der Waals surface area contributed by atoms with Gasteiger partial charge in [-0.05, 0) is 17.9 Å². The van der Waals surface area contributed by atoms with Gasteiger partial charge in [-0.2, -0.15) is 5.10 Å². The number of hydrogen-bond donors (Lipinski definition) is 2. The molecule has 0 aliphatic heterocycles. The number of benzene rings is 1. The van der Waals surface area contributed by atoms with Crippen molar-refractivity contribution in [3.8, 4) is 0 Å². The van der Waals surface area contributed by atoms with Gasteiger partial charge in [0.15, 0.2) is 5.69 Å². The maximum atomic E-state index is 12.2. The van der Waals surface area contributed by atoms with Crippen LogP contribution in [0.5, 0.6) is 0 Å². The van der Waals surface area contributed by atoms with Gasteiger partial charge in [-0.1, -0.05) is 39.0 Å². The smallest absolute Gasteiger partial charge is 0.272 e. The number of para-hydroxylation sites is 1. The summed E-state index contributed by atoms with van der Waals surface area (Å²) in [5, 5.41) is 17.8. The van der Waals surface area contributed by atoms with Crippen LogP contribution in [0.4, 0.5) is 0 Å². The topological polar surface area (TPSA) is 67.2 Å². The molecule has 1 amide bonds. The number of fused-ring (bicyclic) bond motifs is 1. The Morgan fingerprint density at radius 1 is 1.38 bits per heavy atom. The Bertz CT molecular complexity index is 640. The fraction of sp³-hybridized carbons (Fsp3) is 0.500. The number of aliphatic hydroxyl groups is 1. The number of nitrogens with one attached hydrogen (secondary N) is 1. The SMILES string of the molecule is Cn1nc(C(=O)NCC(O)CC(C)(C)C)c2ccccc21. The average molecular weight is 289 g/mol. The zero-order valence-electron chi connectivity index (χ0n) is 13.1. The van der Waals surface area contributed by atoms with Crippen LogP contribution in [0.25, 0.3) is 10.9 Å². The van der Waals surface area contributed by atoms with Crippen molar-refractivity contribution in [1.82, 2.24) is 15.1 Å². The van der Waals surface area contributed by atoms with Crippen LogP contribution < -0.4 is 5.32 Å². The van der Waals surface area contributed by atoms with Gasteiger partial charge in [0.1, 0.15) is 0 Å². The van der Waals surface area contributed by atoms with Crippen LogP contribution in [0, 0.1) is 5.41 Å². The van der Waals surface area contributed by atoms with E-state index in [2.05, 4.69) is 31.2 Å². The summed E-state index contributed by atoms with van der Waals surface area (Å²) in [4.78, 5) is 12.2. The van der Waals surface area contributed by atoms with Crippen molar-refractivity contribution in [3.63, 3.8) is 0 Å². The molecule has 0 radical (unpaired) electrons. The van der Waals surface area contributed by atoms with E-state index in [4.69, 9.17) is 0 Å². The molecule has 0 spiro atoms. The van der Waals surface area contributed by atoms with Crippen molar-refractivity contribution in [3.05, 3.63) is 30.0 Å². The van der Waals surface area contributed by atoms with Crippen LogP contribution in [0.2, 0.25) is 0 Å². The number of carbonyl (C=O) groups excluding carboxylic acids is 1. The van der Waals surface area contributed by atoms with Gasteiger partial charge in [0.2, 0.25) is 0 Å². The van der Waals surface area contributed by atoms with Crippen LogP contribution in [0.1, 0.15) is 37.7 Å². The molecule has 1 aromatic heterocycles. The molecule has 21 heavy (non-hydrogen) atoms. The monoisotopic (exact) mass is 289 g/mol. The van der Waals surface area contributed by atoms with E-state index in [1.54, 1.807) is 4.68 Å². The summed E-state index contributed by atoms with van der Waals surface area (Å²) in [6.07, 6.45) is 0.0832. The Balaban J connectivity index is 2.06. The highest BCUT2D eigenvalue weighted by Gasteiger charge is 2.19. The minimum atomic E-state index is -0.552. The summed E-state index contributed by atoms with van der Waals surface area (Å²) < 4.78 is 1.69. The zero-order valence-corrected chi connectivity index (χ0v) is 13.1. The van der Waals surface area contributed by atoms with Gasteiger partial charge in [-0.3, -0.25) is 9.48 Å². The van der Waals surface area contributed by atoms with E-state index in [1.807, 2.05) is 31.3 Å². The van der Waals surface area contributed by atoms with Gasteiger partial charge in [-0.25, -0.2) is 0 Å². The summed E-state index contributed by atoms with van der Waals surface area (Å²) in [7, 11) is 1.81. The van der Waals surface area contributed by atoms with Gasteiger partial charge in [0.05, 0.1) is 11.6 Å². The summed E-state index contributed by atoms with van der Waals surface area (Å²) in [6, 6.07) is 7.60. The van der Waals surface area contributed by atoms with Gasteiger partial charge in [0.25, 0.3) is 5.91 Å². The lowest BCUT2D eigenvalue weighted by Crippen LogP contribution is -2.34. The highest BCUT2D eigenvalue weighted by atomic mass is 16.3. The summed E-state index contributed by atoms with van der Waals surface area (Å²) in [6.45, 7) is 6.42. The third-order valence-corrected chi connectivity index (χ3v) is 3.32. The van der Waals surface area contributed by atoms with Crippen molar-refractivity contribution in [2.24, 2.45) is 12.5 Å². The molecule has 114 valence electrons. The number of carbonyl (C=O) groups is 1. The van der Waals surface area contributed by atoms with Crippen LogP contribution in [-0.2, 0) is 7.05 Å². The Hall–Kier alpha value is -1.88. The van der Waals surface area contributed by atoms with Crippen molar-refractivity contribution in [1.29, 1.82) is 0 Å². The lowest BCUT2D eigenvalue weighted by molar-refractivity contribution is 0.0865. The maximum Gasteiger partial charge on any atom is 0.272 e. The third-order valence-electron chi connectivity index (χ3n) is 3.32. The van der Waals surface area contributed by atoms with Crippen molar-refractivity contribution in [2.75, 3.05) is 6.54 Å². The summed E-state index contributed by atoms with van der Waals surface area (Å²) in [5.74, 6) is -0.250. The zero-order chi connectivity index (χ0) is 15.6. The highest BCUT2D eigenvalue weighted by molar-refractivity contribution is 6.04. The van der Waals surface area contributed by atoms with Crippen molar-refractivity contribution in [2.45, 2.75) is 33.3 Å². The van der Waals surface area contributed by atoms with E-state index in [0.717, 1.165) is 10.9 Å². The molecule has 1 atom stereocenters. The predicted octanol–water partition coefficient (Wildman–Crippen LogP) is 2.10. The Morgan fingerprint density at radius 3 is 2.71 bits per heavy atom. The Labute approximate surface area is 125 Å². The van der Waals surface area contributed by atoms with E-state index >= 15 is 0 Å². The molecule has 1 aromatic carbocycles. The summed E-state index contributed by atoms with van der Waals surface area (Å²) in [5.41, 5.74) is 1.34. The number of rotatable bonds is 4. The first-order valence-electron chi connectivity index (χ1n) is 7.16. The second-order valence-corrected chi connectivity index (χ2v) is 6.62. The average Bonchev–Trinajstić information content (AvgIpc) is 2.72. The molecule has 0 saturated heterocycles. The first kappa shape index (κ1) is 15.5. The number of aryl methyl sites for hydroxylation is 1. The lowest BCUT2D eigenvalue weighted by Gasteiger charge is -2.22. The second kappa shape index (κ2) is 5.85. The third kappa shape index (κ3) is 3.82. The molecule has 1 heterocycles. The number of aromatic nitrogens is 2. The lowest BCUT2D eigenvalue weighted by atomic mass is 9.89. The highest BCUT2D eigenvalue weighted by Crippen LogP contribution is 2.21. The quantitative estimate of drug-likeness (QED) is 0.905. The molecular formula is C16H23N3O2. The molecule has 1 unspecified atom stereocenters. The first-order valence-corrected chi connectivity index (χ1v) is 7.16. The number of amides is 1. The van der Waals surface area contributed by atoms with E-state index in [1.165, 1.54) is 0 Å². The van der Waals surface area contributed by atoms with Crippen LogP contribution >= 0.6 is 0 Å². The molecular weight excluding hydrogens is 266 g/mol. The number of aliphatic hydroxyl groups excluding tert-OH is 1. The normalized spacial score (nSPS) is 13.4. The van der Waals surface area contributed by atoms with Gasteiger partial charge >= 0.3 is 0 Å². The molecule has 5 nitrogen and oxygen atoms in total. The first-order chi connectivity index (χ1) is 9.78. The number of hydrogen-bond acceptors (Lipinski definition) is 3. The van der Waals surface area contributed by atoms with E-state index in [9.17, 15) is 9.90 Å². The van der Waals surface area contributed by atoms with E-state index in [-0.39, 0.29) is 17.9 Å². The standard InChI is InChI=1S/C16H23N3O2/c1-16(2,3)9-11(20)10-17-15(21)14-12-7-5-6-8-13(12)19(4)18-14/h5-8,11,20H,9-10H2,1-4H3,(H,17,21). The molecule has 0 saturated carbocycles. The predicted molar refractivity (Wildman–Crippen MR) is 83.1 cm³/mol. The Morgan fingerprint density at radius 2 is 2.05 bits per heavy atom. The minimum Gasteiger partial charge on any atom is -0.391 e. The molecule has 2 aromatic rings. The molecule has 0 aliphatic rings. The molecule has 2 rings (SSSR count). The Kier molecular flexibility index (Phi) is 4.32. The minimum absolute atomic E-state index is 0.0296. The van der Waals surface area contributed by atoms with Gasteiger partial charge in [0, 0.05) is 19.0 Å². The van der Waals surface area contributed by atoms with E-state index < -0.39 is 6.10 Å². The van der Waals surface area contributed by atoms with Crippen LogP contribution in [0.15, 0.2) is 24.3 Å². The van der Waals surface area contributed by atoms with Crippen molar-refractivity contribution >= 4 is 16.8 Å². The second-order valence-electron chi connectivity index (χ2n) is 6.62. The van der Waals surface area contributed by atoms with Crippen LogP contribution in [0.3, 0.4) is 0 Å². The molecule has 0 bridgehead atoms. The van der Waals surface area contributed by atoms with Crippen LogP contribution in [-0.4, -0.2) is 33.4 Å². The fourth-order valence-corrected chi connectivity index (χ4v) is 2.45. The van der Waals surface area contributed by atoms with E-state index in [0.29, 0.717) is 12.1 Å². The number of nitrogens with zero attached hydrogens (tertiary/aromatic N) is 2. The molecule has 2 N–H and O–H groups in total. The van der Waals surface area contributed by atoms with Gasteiger partial charge in [-0.15, -0.1) is 0 Å². The maximum absolute atomic E-state index is 12.2. The van der Waals surface area contributed by atoms with Crippen molar-refractivity contribution < 1.29 is 9.90 Å². The largest absolute Gasteiger partial charge is 0.391 e. The van der Waals surface area contributed by atoms with Gasteiger partial charge < -0.3 is 10.4 Å². The fourth-order valence-electron chi connectivity index (χ4n) is 2.45. The molecule has 5 heteroatoms.